The number of halogens is 1. The number of carbonyl (C=O) groups is 7. The van der Waals surface area contributed by atoms with Gasteiger partial charge in [-0.25, -0.2) is 4.39 Å². The molecular formula is C37H39FN8O7. The maximum atomic E-state index is 13.9. The number of hydrogen-bond acceptors (Lipinski definition) is 9. The van der Waals surface area contributed by atoms with Crippen LogP contribution in [0.15, 0.2) is 36.4 Å². The number of aromatic nitrogens is 1. The van der Waals surface area contributed by atoms with Crippen molar-refractivity contribution in [3.8, 4) is 0 Å². The fraction of sp³-hybridized carbons (Fsp3) is 0.324. The van der Waals surface area contributed by atoms with Crippen LogP contribution in [0, 0.1) is 19.7 Å². The Morgan fingerprint density at radius 2 is 1.77 bits per heavy atom. The fourth-order valence-corrected chi connectivity index (χ4v) is 6.79. The molecule has 7 amide bonds. The van der Waals surface area contributed by atoms with Gasteiger partial charge in [0.25, 0.3) is 23.6 Å². The number of amides is 7. The number of aromatic amines is 1. The number of hydrogen-bond donors (Lipinski definition) is 6. The third-order valence-corrected chi connectivity index (χ3v) is 9.52. The largest absolute Gasteiger partial charge is 0.383 e. The van der Waals surface area contributed by atoms with Crippen molar-refractivity contribution < 1.29 is 38.0 Å². The van der Waals surface area contributed by atoms with E-state index in [-0.39, 0.29) is 73.4 Å². The SMILES string of the molecule is CCN(CCNC(=O)c1c(C)[nH]c(/C=C2\C(=O)Nc3ccc(F)cc32)c1C)CC(=O)NCCNc1cccc2c1C(=O)N(C1CCC(=O)NC1=O)C2=O. The van der Waals surface area contributed by atoms with Crippen molar-refractivity contribution >= 4 is 64.4 Å². The molecule has 1 fully saturated rings. The Bertz CT molecular complexity index is 2090. The number of piperidine rings is 1. The van der Waals surface area contributed by atoms with Crippen LogP contribution >= 0.6 is 0 Å². The van der Waals surface area contributed by atoms with E-state index in [0.717, 1.165) is 4.90 Å². The minimum Gasteiger partial charge on any atom is -0.383 e. The molecule has 0 bridgehead atoms. The van der Waals surface area contributed by atoms with Gasteiger partial charge in [0.15, 0.2) is 0 Å². The zero-order valence-electron chi connectivity index (χ0n) is 29.4. The minimum atomic E-state index is -1.07. The van der Waals surface area contributed by atoms with Crippen LogP contribution in [-0.2, 0) is 19.2 Å². The zero-order chi connectivity index (χ0) is 38.0. The van der Waals surface area contributed by atoms with Gasteiger partial charge < -0.3 is 26.3 Å². The molecule has 276 valence electrons. The maximum Gasteiger partial charge on any atom is 0.264 e. The molecule has 0 aliphatic carbocycles. The highest BCUT2D eigenvalue weighted by Crippen LogP contribution is 2.35. The number of aryl methyl sites for hydroxylation is 1. The Kier molecular flexibility index (Phi) is 10.5. The lowest BCUT2D eigenvalue weighted by Gasteiger charge is -2.27. The number of nitrogens with one attached hydrogen (secondary N) is 6. The summed E-state index contributed by atoms with van der Waals surface area (Å²) in [5, 5.41) is 13.7. The fourth-order valence-electron chi connectivity index (χ4n) is 6.79. The molecule has 0 radical (unpaired) electrons. The predicted molar refractivity (Wildman–Crippen MR) is 192 cm³/mol. The summed E-state index contributed by atoms with van der Waals surface area (Å²) in [6.45, 7) is 7.14. The van der Waals surface area contributed by atoms with Gasteiger partial charge in [-0.2, -0.15) is 0 Å². The molecule has 3 aliphatic rings. The summed E-state index contributed by atoms with van der Waals surface area (Å²) in [4.78, 5) is 94.8. The molecule has 16 heteroatoms. The van der Waals surface area contributed by atoms with Gasteiger partial charge in [0.1, 0.15) is 11.9 Å². The predicted octanol–water partition coefficient (Wildman–Crippen LogP) is 1.94. The number of imide groups is 2. The van der Waals surface area contributed by atoms with E-state index in [9.17, 15) is 38.0 Å². The first-order chi connectivity index (χ1) is 25.4. The lowest BCUT2D eigenvalue weighted by molar-refractivity contribution is -0.136. The second-order valence-corrected chi connectivity index (χ2v) is 12.9. The molecule has 0 spiro atoms. The van der Waals surface area contributed by atoms with Crippen LogP contribution in [0.2, 0.25) is 0 Å². The van der Waals surface area contributed by atoms with Crippen molar-refractivity contribution in [3.05, 3.63) is 81.4 Å². The zero-order valence-corrected chi connectivity index (χ0v) is 29.4. The average molecular weight is 727 g/mol. The van der Waals surface area contributed by atoms with E-state index >= 15 is 0 Å². The Morgan fingerprint density at radius 3 is 2.53 bits per heavy atom. The highest BCUT2D eigenvalue weighted by molar-refractivity contribution is 6.35. The van der Waals surface area contributed by atoms with Crippen LogP contribution in [0.25, 0.3) is 11.6 Å². The van der Waals surface area contributed by atoms with Crippen molar-refractivity contribution in [2.45, 2.75) is 39.7 Å². The molecule has 2 aromatic carbocycles. The van der Waals surface area contributed by atoms with Gasteiger partial charge in [-0.1, -0.05) is 13.0 Å². The van der Waals surface area contributed by atoms with Crippen LogP contribution in [0.5, 0.6) is 0 Å². The van der Waals surface area contributed by atoms with Crippen LogP contribution in [0.1, 0.15) is 73.4 Å². The Labute approximate surface area is 303 Å². The summed E-state index contributed by atoms with van der Waals surface area (Å²) in [5.74, 6) is -3.76. The van der Waals surface area contributed by atoms with Gasteiger partial charge in [0.2, 0.25) is 17.7 Å². The Morgan fingerprint density at radius 1 is 0.981 bits per heavy atom. The van der Waals surface area contributed by atoms with Crippen LogP contribution in [-0.4, -0.2) is 101 Å². The first kappa shape index (κ1) is 36.6. The Balaban J connectivity index is 0.971. The average Bonchev–Trinajstić information content (AvgIpc) is 3.68. The van der Waals surface area contributed by atoms with Crippen LogP contribution in [0.4, 0.5) is 15.8 Å². The Hall–Kier alpha value is -6.16. The highest BCUT2D eigenvalue weighted by Gasteiger charge is 2.45. The second kappa shape index (κ2) is 15.2. The lowest BCUT2D eigenvalue weighted by atomic mass is 10.0. The molecule has 6 rings (SSSR count). The molecule has 4 heterocycles. The molecule has 3 aromatic rings. The monoisotopic (exact) mass is 726 g/mol. The minimum absolute atomic E-state index is 0.0241. The molecule has 1 aromatic heterocycles. The number of fused-ring (bicyclic) bond motifs is 2. The third-order valence-electron chi connectivity index (χ3n) is 9.52. The first-order valence-electron chi connectivity index (χ1n) is 17.3. The molecule has 3 aliphatic heterocycles. The summed E-state index contributed by atoms with van der Waals surface area (Å²) in [7, 11) is 0. The molecule has 1 atom stereocenters. The van der Waals surface area contributed by atoms with E-state index in [4.69, 9.17) is 0 Å². The highest BCUT2D eigenvalue weighted by atomic mass is 19.1. The topological polar surface area (TPSA) is 202 Å². The molecule has 53 heavy (non-hydrogen) atoms. The smallest absolute Gasteiger partial charge is 0.264 e. The molecule has 6 N–H and O–H groups in total. The van der Waals surface area contributed by atoms with E-state index in [2.05, 4.69) is 31.6 Å². The third kappa shape index (κ3) is 7.44. The summed E-state index contributed by atoms with van der Waals surface area (Å²) >= 11 is 0. The number of likely N-dealkylation sites (N-methyl/N-ethyl adjacent to an activating group) is 1. The molecule has 1 unspecified atom stereocenters. The van der Waals surface area contributed by atoms with Crippen LogP contribution < -0.4 is 26.6 Å². The van der Waals surface area contributed by atoms with Gasteiger partial charge in [-0.15, -0.1) is 0 Å². The van der Waals surface area contributed by atoms with Crippen molar-refractivity contribution in [1.29, 1.82) is 0 Å². The van der Waals surface area contributed by atoms with E-state index in [0.29, 0.717) is 52.5 Å². The number of rotatable bonds is 13. The maximum absolute atomic E-state index is 13.9. The number of carbonyl (C=O) groups excluding carboxylic acids is 7. The van der Waals surface area contributed by atoms with Crippen molar-refractivity contribution in [3.63, 3.8) is 0 Å². The number of nitrogens with zero attached hydrogens (tertiary/aromatic N) is 2. The van der Waals surface area contributed by atoms with E-state index in [1.54, 1.807) is 32.1 Å². The van der Waals surface area contributed by atoms with Crippen LogP contribution in [0.3, 0.4) is 0 Å². The van der Waals surface area contributed by atoms with Gasteiger partial charge >= 0.3 is 0 Å². The summed E-state index contributed by atoms with van der Waals surface area (Å²) in [6.07, 6.45) is 1.69. The van der Waals surface area contributed by atoms with E-state index in [1.165, 1.54) is 24.3 Å². The standard InChI is InChI=1S/C37H39FN8O7/c1-4-45(15-14-41-35(51)31-19(2)27(42-20(31)3)17-24-23-16-21(38)8-9-25(23)43-33(24)49)18-30(48)40-13-12-39-26-7-5-6-22-32(26)37(53)46(36(22)52)28-10-11-29(47)44-34(28)50/h5-9,16-17,28,39,42H,4,10-15,18H2,1-3H3,(H,40,48)(H,41,51)(H,43,49)(H,44,47,50)/b24-17-. The van der Waals surface area contributed by atoms with E-state index in [1.807, 2.05) is 11.8 Å². The van der Waals surface area contributed by atoms with Crippen molar-refractivity contribution in [2.75, 3.05) is 49.9 Å². The molecule has 15 nitrogen and oxygen atoms in total. The number of H-pyrrole nitrogens is 1. The first-order valence-corrected chi connectivity index (χ1v) is 17.3. The normalized spacial score (nSPS) is 17.2. The molecule has 1 saturated heterocycles. The van der Waals surface area contributed by atoms with Gasteiger partial charge in [-0.05, 0) is 68.8 Å². The number of anilines is 2. The lowest BCUT2D eigenvalue weighted by Crippen LogP contribution is -2.54. The number of benzene rings is 2. The van der Waals surface area contributed by atoms with Gasteiger partial charge in [0, 0.05) is 60.9 Å². The van der Waals surface area contributed by atoms with E-state index < -0.39 is 35.5 Å². The quantitative estimate of drug-likeness (QED) is 0.0865. The molecule has 0 saturated carbocycles. The van der Waals surface area contributed by atoms with Gasteiger partial charge in [-0.3, -0.25) is 48.7 Å². The van der Waals surface area contributed by atoms with Crippen molar-refractivity contribution in [2.24, 2.45) is 0 Å². The molecular weight excluding hydrogens is 687 g/mol. The second-order valence-electron chi connectivity index (χ2n) is 12.9. The summed E-state index contributed by atoms with van der Waals surface area (Å²) in [6, 6.07) is 7.76. The van der Waals surface area contributed by atoms with Gasteiger partial charge in [0.05, 0.1) is 28.8 Å². The summed E-state index contributed by atoms with van der Waals surface area (Å²) < 4.78 is 13.9. The van der Waals surface area contributed by atoms with Crippen molar-refractivity contribution in [1.82, 2.24) is 30.7 Å². The summed E-state index contributed by atoms with van der Waals surface area (Å²) in [5.41, 5.74) is 4.15.